The van der Waals surface area contributed by atoms with Crippen molar-refractivity contribution in [2.75, 3.05) is 19.6 Å². The predicted molar refractivity (Wildman–Crippen MR) is 105 cm³/mol. The number of nitrogens with one attached hydrogen (secondary N) is 1. The molecule has 1 N–H and O–H groups in total. The molecule has 1 aliphatic carbocycles. The van der Waals surface area contributed by atoms with Gasteiger partial charge >= 0.3 is 0 Å². The zero-order chi connectivity index (χ0) is 17.8. The van der Waals surface area contributed by atoms with Crippen molar-refractivity contribution in [2.24, 2.45) is 5.92 Å². The van der Waals surface area contributed by atoms with Crippen LogP contribution in [0.4, 0.5) is 0 Å². The smallest absolute Gasteiger partial charge is 0.0995 e. The van der Waals surface area contributed by atoms with Gasteiger partial charge in [0.25, 0.3) is 0 Å². The van der Waals surface area contributed by atoms with Crippen molar-refractivity contribution in [3.8, 4) is 6.07 Å². The van der Waals surface area contributed by atoms with E-state index in [1.165, 1.54) is 24.8 Å². The summed E-state index contributed by atoms with van der Waals surface area (Å²) in [4.78, 5) is 2.50. The number of benzene rings is 2. The van der Waals surface area contributed by atoms with E-state index in [4.69, 9.17) is 0 Å². The molecule has 3 heteroatoms. The summed E-state index contributed by atoms with van der Waals surface area (Å²) < 4.78 is 0. The van der Waals surface area contributed by atoms with E-state index in [-0.39, 0.29) is 0 Å². The molecule has 3 nitrogen and oxygen atoms in total. The lowest BCUT2D eigenvalue weighted by Crippen LogP contribution is -2.37. The van der Waals surface area contributed by atoms with Gasteiger partial charge < -0.3 is 5.32 Å². The monoisotopic (exact) mass is 345 g/mol. The van der Waals surface area contributed by atoms with Gasteiger partial charge in [-0.25, -0.2) is 0 Å². The van der Waals surface area contributed by atoms with E-state index >= 15 is 0 Å². The zero-order valence-corrected chi connectivity index (χ0v) is 15.3. The maximum atomic E-state index is 9.24. The van der Waals surface area contributed by atoms with Crippen LogP contribution < -0.4 is 5.32 Å². The summed E-state index contributed by atoms with van der Waals surface area (Å²) in [6.45, 7) is 4.33. The number of piperidine rings is 1. The molecule has 0 bridgehead atoms. The maximum absolute atomic E-state index is 9.24. The molecule has 4 rings (SSSR count). The molecule has 2 atom stereocenters. The van der Waals surface area contributed by atoms with Crippen LogP contribution in [0, 0.1) is 17.2 Å². The summed E-state index contributed by atoms with van der Waals surface area (Å²) in [6.07, 6.45) is 3.79. The lowest BCUT2D eigenvalue weighted by molar-refractivity contribution is 0.175. The van der Waals surface area contributed by atoms with Crippen molar-refractivity contribution < 1.29 is 0 Å². The predicted octanol–water partition coefficient (Wildman–Crippen LogP) is 3.92. The Labute approximate surface area is 156 Å². The fraction of sp³-hybridized carbons (Fsp3) is 0.435. The first-order chi connectivity index (χ1) is 12.8. The van der Waals surface area contributed by atoms with E-state index in [2.05, 4.69) is 52.7 Å². The second-order valence-electron chi connectivity index (χ2n) is 7.76. The Morgan fingerprint density at radius 1 is 1.00 bits per heavy atom. The van der Waals surface area contributed by atoms with Gasteiger partial charge in [-0.2, -0.15) is 5.26 Å². The number of likely N-dealkylation sites (tertiary alicyclic amines) is 1. The fourth-order valence-electron chi connectivity index (χ4n) is 4.16. The Morgan fingerprint density at radius 2 is 1.73 bits per heavy atom. The third-order valence-corrected chi connectivity index (χ3v) is 5.93. The highest BCUT2D eigenvalue weighted by Crippen LogP contribution is 2.40. The number of hydrogen-bond donors (Lipinski definition) is 1. The number of nitriles is 1. The molecule has 0 spiro atoms. The molecule has 134 valence electrons. The number of nitrogens with zero attached hydrogens (tertiary/aromatic N) is 2. The van der Waals surface area contributed by atoms with Crippen LogP contribution >= 0.6 is 0 Å². The largest absolute Gasteiger partial charge is 0.313 e. The highest BCUT2D eigenvalue weighted by Gasteiger charge is 2.38. The average molecular weight is 345 g/mol. The highest BCUT2D eigenvalue weighted by molar-refractivity contribution is 5.37. The van der Waals surface area contributed by atoms with Crippen LogP contribution in [0.1, 0.15) is 41.9 Å². The first-order valence-corrected chi connectivity index (χ1v) is 9.82. The first-order valence-electron chi connectivity index (χ1n) is 9.82. The topological polar surface area (TPSA) is 39.1 Å². The highest BCUT2D eigenvalue weighted by atomic mass is 15.1. The minimum Gasteiger partial charge on any atom is -0.313 e. The second kappa shape index (κ2) is 8.03. The Bertz CT molecular complexity index is 757. The summed E-state index contributed by atoms with van der Waals surface area (Å²) in [6, 6.07) is 21.9. The van der Waals surface area contributed by atoms with Crippen LogP contribution in [-0.4, -0.2) is 30.6 Å². The minimum atomic E-state index is 0.679. The summed E-state index contributed by atoms with van der Waals surface area (Å²) in [7, 11) is 0. The summed E-state index contributed by atoms with van der Waals surface area (Å²) >= 11 is 0. The summed E-state index contributed by atoms with van der Waals surface area (Å²) in [5.74, 6) is 1.51. The van der Waals surface area contributed by atoms with Crippen LogP contribution in [0.25, 0.3) is 0 Å². The van der Waals surface area contributed by atoms with Crippen LogP contribution in [-0.2, 0) is 6.54 Å². The van der Waals surface area contributed by atoms with Crippen molar-refractivity contribution in [2.45, 2.75) is 37.8 Å². The van der Waals surface area contributed by atoms with Gasteiger partial charge in [-0.15, -0.1) is 0 Å². The SMILES string of the molecule is N#Cc1ccccc1CN1CCC(CN[C@@H]2C[C@H]2c2ccccc2)CC1. The normalized spacial score (nSPS) is 23.5. The molecule has 1 heterocycles. The molecular weight excluding hydrogens is 318 g/mol. The Morgan fingerprint density at radius 3 is 2.50 bits per heavy atom. The molecule has 0 radical (unpaired) electrons. The maximum Gasteiger partial charge on any atom is 0.0995 e. The van der Waals surface area contributed by atoms with Crippen molar-refractivity contribution in [1.82, 2.24) is 10.2 Å². The second-order valence-corrected chi connectivity index (χ2v) is 7.76. The molecule has 1 aliphatic heterocycles. The van der Waals surface area contributed by atoms with E-state index in [0.717, 1.165) is 49.1 Å². The molecule has 1 saturated heterocycles. The van der Waals surface area contributed by atoms with Crippen molar-refractivity contribution >= 4 is 0 Å². The summed E-state index contributed by atoms with van der Waals surface area (Å²) in [5, 5.41) is 13.0. The molecule has 0 amide bonds. The van der Waals surface area contributed by atoms with Gasteiger partial charge in [-0.1, -0.05) is 48.5 Å². The van der Waals surface area contributed by atoms with E-state index in [1.807, 2.05) is 18.2 Å². The van der Waals surface area contributed by atoms with Crippen molar-refractivity contribution in [3.63, 3.8) is 0 Å². The van der Waals surface area contributed by atoms with Crippen molar-refractivity contribution in [1.29, 1.82) is 5.26 Å². The van der Waals surface area contributed by atoms with Crippen LogP contribution in [0.2, 0.25) is 0 Å². The van der Waals surface area contributed by atoms with Gasteiger partial charge in [0.05, 0.1) is 11.6 Å². The first kappa shape index (κ1) is 17.3. The van der Waals surface area contributed by atoms with Gasteiger partial charge in [0.2, 0.25) is 0 Å². The lowest BCUT2D eigenvalue weighted by Gasteiger charge is -2.32. The zero-order valence-electron chi connectivity index (χ0n) is 15.3. The van der Waals surface area contributed by atoms with E-state index in [9.17, 15) is 5.26 Å². The lowest BCUT2D eigenvalue weighted by atomic mass is 9.96. The van der Waals surface area contributed by atoms with E-state index in [1.54, 1.807) is 0 Å². The standard InChI is InChI=1S/C23H27N3/c24-15-20-8-4-5-9-21(20)17-26-12-10-18(11-13-26)16-25-23-14-22(23)19-6-2-1-3-7-19/h1-9,18,22-23,25H,10-14,16-17H2/t22-,23+/m0/s1. The van der Waals surface area contributed by atoms with Crippen LogP contribution in [0.3, 0.4) is 0 Å². The Hall–Kier alpha value is -2.15. The minimum absolute atomic E-state index is 0.679. The molecular formula is C23H27N3. The van der Waals surface area contributed by atoms with E-state index < -0.39 is 0 Å². The third-order valence-electron chi connectivity index (χ3n) is 5.93. The van der Waals surface area contributed by atoms with Gasteiger partial charge in [0.1, 0.15) is 0 Å². The Balaban J connectivity index is 1.20. The van der Waals surface area contributed by atoms with Gasteiger partial charge in [-0.3, -0.25) is 4.90 Å². The average Bonchev–Trinajstić information content (AvgIpc) is 3.48. The van der Waals surface area contributed by atoms with Gasteiger partial charge in [0, 0.05) is 18.5 Å². The molecule has 2 aromatic carbocycles. The summed E-state index contributed by atoms with van der Waals surface area (Å²) in [5.41, 5.74) is 3.46. The van der Waals surface area contributed by atoms with Crippen molar-refractivity contribution in [3.05, 3.63) is 71.3 Å². The molecule has 2 aliphatic rings. The van der Waals surface area contributed by atoms with E-state index in [0.29, 0.717) is 6.04 Å². The van der Waals surface area contributed by atoms with Gasteiger partial charge in [-0.05, 0) is 62.0 Å². The molecule has 2 fully saturated rings. The quantitative estimate of drug-likeness (QED) is 0.862. The van der Waals surface area contributed by atoms with Crippen LogP contribution in [0.15, 0.2) is 54.6 Å². The molecule has 1 saturated carbocycles. The Kier molecular flexibility index (Phi) is 5.34. The fourth-order valence-corrected chi connectivity index (χ4v) is 4.16. The molecule has 0 unspecified atom stereocenters. The third kappa shape index (κ3) is 4.15. The van der Waals surface area contributed by atoms with Gasteiger partial charge in [0.15, 0.2) is 0 Å². The molecule has 2 aromatic rings. The number of hydrogen-bond acceptors (Lipinski definition) is 3. The van der Waals surface area contributed by atoms with Crippen LogP contribution in [0.5, 0.6) is 0 Å². The molecule has 0 aromatic heterocycles. The number of rotatable bonds is 6. The molecule has 26 heavy (non-hydrogen) atoms.